The van der Waals surface area contributed by atoms with Gasteiger partial charge in [-0.15, -0.1) is 11.3 Å². The second-order valence-electron chi connectivity index (χ2n) is 15.5. The van der Waals surface area contributed by atoms with Crippen molar-refractivity contribution < 1.29 is 19.1 Å². The zero-order valence-electron chi connectivity index (χ0n) is 27.7. The molecule has 7 rings (SSSR count). The number of rotatable bonds is 9. The lowest BCUT2D eigenvalue weighted by molar-refractivity contribution is -0.153. The molecule has 2 aromatic heterocycles. The average molecular weight is 651 g/mol. The molecular formula is C35H50N6O4S. The van der Waals surface area contributed by atoms with E-state index in [1.807, 2.05) is 28.3 Å². The van der Waals surface area contributed by atoms with Gasteiger partial charge in [0.05, 0.1) is 27.7 Å². The molecule has 250 valence electrons. The highest BCUT2D eigenvalue weighted by molar-refractivity contribution is 7.17. The van der Waals surface area contributed by atoms with Crippen LogP contribution in [-0.4, -0.2) is 95.5 Å². The summed E-state index contributed by atoms with van der Waals surface area (Å²) in [6, 6.07) is 1.17. The fourth-order valence-electron chi connectivity index (χ4n) is 8.48. The number of carbonyl (C=O) groups excluding carboxylic acids is 3. The first-order valence-corrected chi connectivity index (χ1v) is 18.5. The first kappa shape index (κ1) is 31.8. The minimum Gasteiger partial charge on any atom is -0.376 e. The summed E-state index contributed by atoms with van der Waals surface area (Å²) in [5, 5.41) is 3.25. The van der Waals surface area contributed by atoms with Gasteiger partial charge in [0.1, 0.15) is 11.9 Å². The number of ether oxygens (including phenoxy) is 1. The number of aromatic nitrogens is 2. The molecule has 11 heteroatoms. The van der Waals surface area contributed by atoms with Gasteiger partial charge in [0, 0.05) is 63.4 Å². The van der Waals surface area contributed by atoms with Crippen LogP contribution in [0, 0.1) is 28.6 Å². The van der Waals surface area contributed by atoms with Crippen molar-refractivity contribution in [2.45, 2.75) is 90.7 Å². The van der Waals surface area contributed by atoms with Crippen molar-refractivity contribution in [2.75, 3.05) is 50.8 Å². The topological polar surface area (TPSA) is 108 Å². The van der Waals surface area contributed by atoms with Gasteiger partial charge >= 0.3 is 0 Å². The maximum Gasteiger partial charge on any atom is 0.247 e. The van der Waals surface area contributed by atoms with Crippen molar-refractivity contribution in [3.63, 3.8) is 0 Å². The molecule has 0 aromatic carbocycles. The zero-order chi connectivity index (χ0) is 32.1. The van der Waals surface area contributed by atoms with E-state index in [-0.39, 0.29) is 29.1 Å². The summed E-state index contributed by atoms with van der Waals surface area (Å²) >= 11 is 1.56. The third-order valence-corrected chi connectivity index (χ3v) is 12.5. The van der Waals surface area contributed by atoms with E-state index < -0.39 is 23.5 Å². The van der Waals surface area contributed by atoms with Crippen molar-refractivity contribution in [2.24, 2.45) is 28.6 Å². The molecule has 5 heterocycles. The second kappa shape index (κ2) is 12.7. The molecule has 3 amide bonds. The number of thiazole rings is 1. The van der Waals surface area contributed by atoms with Crippen LogP contribution >= 0.6 is 11.3 Å². The van der Waals surface area contributed by atoms with Crippen LogP contribution in [0.2, 0.25) is 0 Å². The molecule has 4 atom stereocenters. The predicted octanol–water partition coefficient (Wildman–Crippen LogP) is 4.48. The van der Waals surface area contributed by atoms with Crippen LogP contribution in [0.4, 0.5) is 5.82 Å². The van der Waals surface area contributed by atoms with Crippen LogP contribution in [0.1, 0.15) is 78.6 Å². The van der Waals surface area contributed by atoms with Crippen LogP contribution in [0.5, 0.6) is 0 Å². The molecule has 5 fully saturated rings. The maximum absolute atomic E-state index is 14.5. The van der Waals surface area contributed by atoms with Gasteiger partial charge in [-0.05, 0) is 62.8 Å². The van der Waals surface area contributed by atoms with Crippen molar-refractivity contribution in [1.82, 2.24) is 25.1 Å². The number of hydrogen-bond donors (Lipinski definition) is 1. The van der Waals surface area contributed by atoms with E-state index in [1.54, 1.807) is 17.5 Å². The molecular weight excluding hydrogens is 600 g/mol. The molecule has 46 heavy (non-hydrogen) atoms. The number of fused-ring (bicyclic) bond motifs is 1. The van der Waals surface area contributed by atoms with Gasteiger partial charge in [0.25, 0.3) is 0 Å². The number of nitrogens with zero attached hydrogens (tertiary/aromatic N) is 5. The van der Waals surface area contributed by atoms with Gasteiger partial charge in [-0.3, -0.25) is 14.4 Å². The summed E-state index contributed by atoms with van der Waals surface area (Å²) in [4.78, 5) is 57.2. The largest absolute Gasteiger partial charge is 0.376 e. The maximum atomic E-state index is 14.5. The van der Waals surface area contributed by atoms with Gasteiger partial charge < -0.3 is 24.8 Å². The first-order chi connectivity index (χ1) is 22.1. The van der Waals surface area contributed by atoms with Gasteiger partial charge in [-0.25, -0.2) is 9.97 Å². The Morgan fingerprint density at radius 2 is 1.72 bits per heavy atom. The van der Waals surface area contributed by atoms with Gasteiger partial charge in [0.15, 0.2) is 0 Å². The van der Waals surface area contributed by atoms with Crippen LogP contribution in [0.15, 0.2) is 17.8 Å². The minimum atomic E-state index is -0.742. The van der Waals surface area contributed by atoms with Crippen LogP contribution in [0.25, 0.3) is 10.2 Å². The number of piperidine rings is 1. The van der Waals surface area contributed by atoms with Crippen LogP contribution < -0.4 is 10.2 Å². The van der Waals surface area contributed by atoms with Gasteiger partial charge in [0.2, 0.25) is 17.7 Å². The standard InChI is InChI=1S/C35H50N6O4S/c1-23(45-18-24-10-6-4-7-11-24)28(33(44)39-14-8-5-9-15-39)38-31(42)26-17-40(30-29-27(12-13-36-30)37-22-46-29)19-35(26)20-41(21-35)32(43)25-16-34(25,2)3/h12-13,22-26,28H,4-11,14-21H2,1-3H3,(H,38,42)/t23-,25-,26+,28+/m1/s1. The Morgan fingerprint density at radius 3 is 2.43 bits per heavy atom. The van der Waals surface area contributed by atoms with E-state index in [2.05, 4.69) is 29.0 Å². The van der Waals surface area contributed by atoms with E-state index in [9.17, 15) is 14.4 Å². The smallest absolute Gasteiger partial charge is 0.247 e. The summed E-state index contributed by atoms with van der Waals surface area (Å²) in [5.41, 5.74) is 2.38. The lowest BCUT2D eigenvalue weighted by Crippen LogP contribution is -2.65. The van der Waals surface area contributed by atoms with Crippen molar-refractivity contribution in [3.8, 4) is 0 Å². The molecule has 2 aromatic rings. The molecule has 10 nitrogen and oxygen atoms in total. The molecule has 0 unspecified atom stereocenters. The first-order valence-electron chi connectivity index (χ1n) is 17.6. The summed E-state index contributed by atoms with van der Waals surface area (Å²) in [7, 11) is 0. The Morgan fingerprint density at radius 1 is 1.00 bits per heavy atom. The Hall–Kier alpha value is -2.79. The molecule has 3 saturated heterocycles. The van der Waals surface area contributed by atoms with Crippen LogP contribution in [0.3, 0.4) is 0 Å². The van der Waals surface area contributed by atoms with Gasteiger partial charge in [-0.1, -0.05) is 33.1 Å². The Balaban J connectivity index is 1.12. The molecule has 1 N–H and O–H groups in total. The van der Waals surface area contributed by atoms with Crippen molar-refractivity contribution in [1.29, 1.82) is 0 Å². The third kappa shape index (κ3) is 6.14. The number of pyridine rings is 1. The predicted molar refractivity (Wildman–Crippen MR) is 178 cm³/mol. The molecule has 5 aliphatic rings. The molecule has 2 aliphatic carbocycles. The van der Waals surface area contributed by atoms with E-state index in [0.29, 0.717) is 38.7 Å². The number of anilines is 1. The summed E-state index contributed by atoms with van der Waals surface area (Å²) in [6.07, 6.45) is 11.5. The summed E-state index contributed by atoms with van der Waals surface area (Å²) < 4.78 is 7.41. The SMILES string of the molecule is C[C@@H](OCC1CCCCC1)[C@H](NC(=O)[C@@H]1CN(c2nccc3ncsc23)CC12CN(C(=O)[C@H]1CC1(C)C)C2)C(=O)N1CCCCC1. The van der Waals surface area contributed by atoms with E-state index in [4.69, 9.17) is 9.72 Å². The number of hydrogen-bond acceptors (Lipinski definition) is 8. The Kier molecular flexibility index (Phi) is 8.76. The van der Waals surface area contributed by atoms with Gasteiger partial charge in [-0.2, -0.15) is 0 Å². The minimum absolute atomic E-state index is 0.0365. The number of amides is 3. The highest BCUT2D eigenvalue weighted by Gasteiger charge is 2.61. The number of nitrogens with one attached hydrogen (secondary N) is 1. The summed E-state index contributed by atoms with van der Waals surface area (Å²) in [6.45, 7) is 10.5. The Bertz CT molecular complexity index is 1440. The fraction of sp³-hybridized carbons (Fsp3) is 0.743. The van der Waals surface area contributed by atoms with Crippen molar-refractivity contribution >= 4 is 45.1 Å². The highest BCUT2D eigenvalue weighted by Crippen LogP contribution is 2.55. The van der Waals surface area contributed by atoms with Crippen LogP contribution in [-0.2, 0) is 19.1 Å². The van der Waals surface area contributed by atoms with Crippen molar-refractivity contribution in [3.05, 3.63) is 17.8 Å². The average Bonchev–Trinajstić information content (AvgIpc) is 3.38. The zero-order valence-corrected chi connectivity index (χ0v) is 28.5. The highest BCUT2D eigenvalue weighted by atomic mass is 32.1. The molecule has 0 radical (unpaired) electrons. The van der Waals surface area contributed by atoms with E-state index in [1.165, 1.54) is 19.3 Å². The lowest BCUT2D eigenvalue weighted by atomic mass is 9.70. The lowest BCUT2D eigenvalue weighted by Gasteiger charge is -2.50. The third-order valence-electron chi connectivity index (χ3n) is 11.6. The normalized spacial score (nSPS) is 27.0. The molecule has 2 saturated carbocycles. The number of carbonyl (C=O) groups is 3. The molecule has 1 spiro atoms. The summed E-state index contributed by atoms with van der Waals surface area (Å²) in [5.74, 6) is 1.08. The molecule has 0 bridgehead atoms. The Labute approximate surface area is 276 Å². The fourth-order valence-corrected chi connectivity index (χ4v) is 9.28. The van der Waals surface area contributed by atoms with E-state index >= 15 is 0 Å². The second-order valence-corrected chi connectivity index (χ2v) is 16.3. The molecule has 3 aliphatic heterocycles. The monoisotopic (exact) mass is 650 g/mol. The quantitative estimate of drug-likeness (QED) is 0.426. The van der Waals surface area contributed by atoms with E-state index in [0.717, 1.165) is 67.6 Å². The number of likely N-dealkylation sites (tertiary alicyclic amines) is 2.